The van der Waals surface area contributed by atoms with Crippen LogP contribution >= 0.6 is 0 Å². The van der Waals surface area contributed by atoms with Crippen molar-refractivity contribution in [2.24, 2.45) is 10.2 Å². The molecule has 178 valence electrons. The van der Waals surface area contributed by atoms with Gasteiger partial charge in [0.1, 0.15) is 11.9 Å². The van der Waals surface area contributed by atoms with E-state index in [1.807, 2.05) is 0 Å². The molecule has 1 heterocycles. The molecule has 1 aliphatic rings. The lowest BCUT2D eigenvalue weighted by molar-refractivity contribution is -0.113. The SMILES string of the molecule is COC(=O)c1ccc(CC2N=NC(=O)C(c3ccc(F)cc3)=C2c2ccc(S(C)(=O)=O)cc2)cc1. The molecule has 0 aliphatic carbocycles. The maximum Gasteiger partial charge on any atom is 0.337 e. The van der Waals surface area contributed by atoms with Crippen LogP contribution in [-0.4, -0.2) is 39.7 Å². The highest BCUT2D eigenvalue weighted by molar-refractivity contribution is 7.90. The van der Waals surface area contributed by atoms with Crippen molar-refractivity contribution in [1.29, 1.82) is 0 Å². The van der Waals surface area contributed by atoms with Gasteiger partial charge in [0.25, 0.3) is 5.91 Å². The number of rotatable bonds is 6. The first kappa shape index (κ1) is 24.2. The number of hydrogen-bond donors (Lipinski definition) is 0. The van der Waals surface area contributed by atoms with Gasteiger partial charge < -0.3 is 4.74 Å². The van der Waals surface area contributed by atoms with Crippen molar-refractivity contribution in [2.45, 2.75) is 17.4 Å². The molecule has 7 nitrogen and oxygen atoms in total. The molecule has 0 bridgehead atoms. The van der Waals surface area contributed by atoms with Gasteiger partial charge in [-0.2, -0.15) is 5.11 Å². The summed E-state index contributed by atoms with van der Waals surface area (Å²) in [7, 11) is -2.11. The quantitative estimate of drug-likeness (QED) is 0.471. The Hall–Kier alpha value is -3.98. The topological polar surface area (TPSA) is 102 Å². The average Bonchev–Trinajstić information content (AvgIpc) is 2.85. The zero-order valence-electron chi connectivity index (χ0n) is 18.9. The summed E-state index contributed by atoms with van der Waals surface area (Å²) in [5, 5.41) is 8.08. The molecule has 3 aromatic rings. The number of ether oxygens (including phenoxy) is 1. The number of esters is 1. The number of hydrogen-bond acceptors (Lipinski definition) is 6. The highest BCUT2D eigenvalue weighted by Crippen LogP contribution is 2.36. The number of halogens is 1. The van der Waals surface area contributed by atoms with Crippen LogP contribution in [0, 0.1) is 5.82 Å². The number of carbonyl (C=O) groups is 2. The van der Waals surface area contributed by atoms with E-state index in [0.717, 1.165) is 11.8 Å². The Kier molecular flexibility index (Phi) is 6.70. The summed E-state index contributed by atoms with van der Waals surface area (Å²) in [6, 6.07) is 17.9. The summed E-state index contributed by atoms with van der Waals surface area (Å²) in [4.78, 5) is 24.8. The monoisotopic (exact) mass is 492 g/mol. The molecule has 0 N–H and O–H groups in total. The number of methoxy groups -OCH3 is 1. The molecule has 0 radical (unpaired) electrons. The molecule has 0 fully saturated rings. The van der Waals surface area contributed by atoms with Gasteiger partial charge >= 0.3 is 5.97 Å². The second kappa shape index (κ2) is 9.71. The van der Waals surface area contributed by atoms with Crippen molar-refractivity contribution < 1.29 is 27.1 Å². The third-order valence-corrected chi connectivity index (χ3v) is 6.76. The van der Waals surface area contributed by atoms with Gasteiger partial charge in [0.2, 0.25) is 0 Å². The Morgan fingerprint density at radius 2 is 1.54 bits per heavy atom. The van der Waals surface area contributed by atoms with E-state index >= 15 is 0 Å². The summed E-state index contributed by atoms with van der Waals surface area (Å²) < 4.78 is 42.2. The molecule has 1 aliphatic heterocycles. The molecule has 1 atom stereocenters. The van der Waals surface area contributed by atoms with E-state index in [-0.39, 0.29) is 10.5 Å². The third kappa shape index (κ3) is 5.25. The maximum absolute atomic E-state index is 13.6. The van der Waals surface area contributed by atoms with Crippen LogP contribution in [0.25, 0.3) is 11.1 Å². The van der Waals surface area contributed by atoms with E-state index in [2.05, 4.69) is 10.2 Å². The van der Waals surface area contributed by atoms with Crippen LogP contribution in [0.3, 0.4) is 0 Å². The van der Waals surface area contributed by atoms with E-state index < -0.39 is 33.6 Å². The van der Waals surface area contributed by atoms with Crippen molar-refractivity contribution in [3.8, 4) is 0 Å². The minimum absolute atomic E-state index is 0.142. The minimum atomic E-state index is -3.41. The highest BCUT2D eigenvalue weighted by Gasteiger charge is 2.30. The van der Waals surface area contributed by atoms with Crippen molar-refractivity contribution in [3.05, 3.63) is 101 Å². The standard InChI is InChI=1S/C26H21FN2O5S/c1-34-26(31)19-5-3-16(4-6-19)15-22-23(17-9-13-21(14-10-17)35(2,32)33)24(25(30)29-28-22)18-7-11-20(27)12-8-18/h3-14,22H,15H2,1-2H3. The van der Waals surface area contributed by atoms with Gasteiger partial charge in [-0.1, -0.05) is 36.4 Å². The second-order valence-corrected chi connectivity index (χ2v) is 10.0. The normalized spacial score (nSPS) is 15.9. The molecule has 0 spiro atoms. The molecular weight excluding hydrogens is 471 g/mol. The fourth-order valence-corrected chi connectivity index (χ4v) is 4.52. The van der Waals surface area contributed by atoms with Gasteiger partial charge in [-0.3, -0.25) is 4.79 Å². The Balaban J connectivity index is 1.81. The first-order valence-corrected chi connectivity index (χ1v) is 12.5. The molecule has 3 aromatic carbocycles. The average molecular weight is 493 g/mol. The molecule has 0 saturated carbocycles. The first-order valence-electron chi connectivity index (χ1n) is 10.6. The summed E-state index contributed by atoms with van der Waals surface area (Å²) in [5.74, 6) is -1.47. The summed E-state index contributed by atoms with van der Waals surface area (Å²) in [6.07, 6.45) is 1.47. The fourth-order valence-electron chi connectivity index (χ4n) is 3.89. The van der Waals surface area contributed by atoms with Gasteiger partial charge in [-0.25, -0.2) is 17.6 Å². The lowest BCUT2D eigenvalue weighted by Gasteiger charge is -2.23. The van der Waals surface area contributed by atoms with E-state index in [4.69, 9.17) is 4.74 Å². The van der Waals surface area contributed by atoms with Gasteiger partial charge in [0.05, 0.1) is 23.1 Å². The number of amides is 1. The predicted octanol–water partition coefficient (Wildman–Crippen LogP) is 4.53. The number of azo groups is 1. The van der Waals surface area contributed by atoms with Crippen molar-refractivity contribution >= 4 is 32.9 Å². The molecule has 9 heteroatoms. The van der Waals surface area contributed by atoms with Crippen LogP contribution in [0.2, 0.25) is 0 Å². The largest absolute Gasteiger partial charge is 0.465 e. The van der Waals surface area contributed by atoms with Crippen LogP contribution < -0.4 is 0 Å². The molecule has 0 saturated heterocycles. The van der Waals surface area contributed by atoms with Crippen LogP contribution in [-0.2, 0) is 25.8 Å². The maximum atomic E-state index is 13.6. The van der Waals surface area contributed by atoms with Gasteiger partial charge in [-0.15, -0.1) is 5.11 Å². The Labute approximate surface area is 201 Å². The van der Waals surface area contributed by atoms with E-state index in [9.17, 15) is 22.4 Å². The van der Waals surface area contributed by atoms with Crippen molar-refractivity contribution in [2.75, 3.05) is 13.4 Å². The highest BCUT2D eigenvalue weighted by atomic mass is 32.2. The van der Waals surface area contributed by atoms with Crippen LogP contribution in [0.5, 0.6) is 0 Å². The number of sulfone groups is 1. The van der Waals surface area contributed by atoms with Gasteiger partial charge in [-0.05, 0) is 58.7 Å². The number of carbonyl (C=O) groups excluding carboxylic acids is 2. The summed E-state index contributed by atoms with van der Waals surface area (Å²) in [5.41, 5.74) is 3.12. The fraction of sp³-hybridized carbons (Fsp3) is 0.154. The Bertz CT molecular complexity index is 1440. The third-order valence-electron chi connectivity index (χ3n) is 5.63. The van der Waals surface area contributed by atoms with Crippen molar-refractivity contribution in [1.82, 2.24) is 0 Å². The predicted molar refractivity (Wildman–Crippen MR) is 128 cm³/mol. The lowest BCUT2D eigenvalue weighted by atomic mass is 9.86. The van der Waals surface area contributed by atoms with Gasteiger partial charge in [0, 0.05) is 12.7 Å². The molecular formula is C26H21FN2O5S. The zero-order chi connectivity index (χ0) is 25.2. The van der Waals surface area contributed by atoms with Gasteiger partial charge in [0.15, 0.2) is 9.84 Å². The Morgan fingerprint density at radius 1 is 0.943 bits per heavy atom. The molecule has 0 aromatic heterocycles. The second-order valence-electron chi connectivity index (χ2n) is 8.02. The molecule has 35 heavy (non-hydrogen) atoms. The lowest BCUT2D eigenvalue weighted by Crippen LogP contribution is -2.20. The molecule has 1 unspecified atom stereocenters. The van der Waals surface area contributed by atoms with E-state index in [1.165, 1.54) is 43.5 Å². The van der Waals surface area contributed by atoms with Crippen LogP contribution in [0.15, 0.2) is 87.9 Å². The van der Waals surface area contributed by atoms with Crippen molar-refractivity contribution in [3.63, 3.8) is 0 Å². The minimum Gasteiger partial charge on any atom is -0.465 e. The van der Waals surface area contributed by atoms with Crippen LogP contribution in [0.1, 0.15) is 27.0 Å². The van der Waals surface area contributed by atoms with E-state index in [1.54, 1.807) is 36.4 Å². The number of benzene rings is 3. The molecule has 4 rings (SSSR count). The molecule has 1 amide bonds. The summed E-state index contributed by atoms with van der Waals surface area (Å²) >= 11 is 0. The Morgan fingerprint density at radius 3 is 2.11 bits per heavy atom. The smallest absolute Gasteiger partial charge is 0.337 e. The summed E-state index contributed by atoms with van der Waals surface area (Å²) in [6.45, 7) is 0. The zero-order valence-corrected chi connectivity index (χ0v) is 19.8. The number of nitrogens with zero attached hydrogens (tertiary/aromatic N) is 2. The van der Waals surface area contributed by atoms with E-state index in [0.29, 0.717) is 28.7 Å². The van der Waals surface area contributed by atoms with Crippen LogP contribution in [0.4, 0.5) is 4.39 Å². The first-order chi connectivity index (χ1) is 16.7.